The number of allylic oxidation sites excluding steroid dienone is 6. The summed E-state index contributed by atoms with van der Waals surface area (Å²) >= 11 is 0. The highest BCUT2D eigenvalue weighted by Gasteiger charge is 2.24. The standard InChI is InChI=1S/C54H44N2/c1-5-15-41(16-6-1)44-29-35-50(36-30-44)55(48-19-9-3-10-20-48)51-37-31-46(32-38-51)43-25-27-47(28-26-43)53-23-13-14-24-54(53)56(49-21-11-4-12-22-49)52-39-33-45(34-40-52)42-17-7-2-8-18-42/h1-31,33-37,39,52H,32,38,40H2. The van der Waals surface area contributed by atoms with Crippen LogP contribution in [0.2, 0.25) is 0 Å². The molecular weight excluding hydrogens is 677 g/mol. The summed E-state index contributed by atoms with van der Waals surface area (Å²) in [6.45, 7) is 0. The number of hydrogen-bond donors (Lipinski definition) is 0. The molecule has 0 N–H and O–H groups in total. The number of benzene rings is 7. The first kappa shape index (κ1) is 34.8. The molecule has 7 aromatic rings. The summed E-state index contributed by atoms with van der Waals surface area (Å²) in [5.41, 5.74) is 16.1. The van der Waals surface area contributed by atoms with Crippen molar-refractivity contribution in [3.63, 3.8) is 0 Å². The van der Waals surface area contributed by atoms with Crippen LogP contribution in [0.15, 0.2) is 230 Å². The van der Waals surface area contributed by atoms with Crippen LogP contribution in [-0.4, -0.2) is 6.04 Å². The first-order chi connectivity index (χ1) is 27.8. The Kier molecular flexibility index (Phi) is 10.1. The summed E-state index contributed by atoms with van der Waals surface area (Å²) in [7, 11) is 0. The Morgan fingerprint density at radius 1 is 0.411 bits per heavy atom. The van der Waals surface area contributed by atoms with Crippen LogP contribution < -0.4 is 9.80 Å². The van der Waals surface area contributed by atoms with Gasteiger partial charge in [-0.3, -0.25) is 0 Å². The average Bonchev–Trinajstić information content (AvgIpc) is 3.29. The van der Waals surface area contributed by atoms with Gasteiger partial charge >= 0.3 is 0 Å². The van der Waals surface area contributed by atoms with E-state index < -0.39 is 0 Å². The second-order valence-electron chi connectivity index (χ2n) is 14.4. The van der Waals surface area contributed by atoms with E-state index in [1.165, 1.54) is 73.0 Å². The maximum Gasteiger partial charge on any atom is 0.0560 e. The van der Waals surface area contributed by atoms with E-state index in [0.29, 0.717) is 0 Å². The van der Waals surface area contributed by atoms with Crippen molar-refractivity contribution >= 4 is 33.9 Å². The second kappa shape index (κ2) is 16.2. The molecule has 2 aliphatic rings. The molecule has 2 nitrogen and oxygen atoms in total. The Bertz CT molecular complexity index is 2510. The van der Waals surface area contributed by atoms with Gasteiger partial charge in [0, 0.05) is 34.0 Å². The number of nitrogens with zero attached hydrogens (tertiary/aromatic N) is 2. The molecule has 0 fully saturated rings. The van der Waals surface area contributed by atoms with E-state index in [-0.39, 0.29) is 6.04 Å². The van der Waals surface area contributed by atoms with Gasteiger partial charge in [0.25, 0.3) is 0 Å². The van der Waals surface area contributed by atoms with Gasteiger partial charge in [-0.05, 0) is 107 Å². The van der Waals surface area contributed by atoms with E-state index in [4.69, 9.17) is 0 Å². The molecule has 56 heavy (non-hydrogen) atoms. The zero-order valence-electron chi connectivity index (χ0n) is 31.5. The fraction of sp³-hybridized carbons (Fsp3) is 0.0741. The Labute approximate surface area is 331 Å². The van der Waals surface area contributed by atoms with Crippen molar-refractivity contribution in [1.29, 1.82) is 0 Å². The van der Waals surface area contributed by atoms with Crippen molar-refractivity contribution in [1.82, 2.24) is 0 Å². The second-order valence-corrected chi connectivity index (χ2v) is 14.4. The lowest BCUT2D eigenvalue weighted by atomic mass is 9.92. The highest BCUT2D eigenvalue weighted by molar-refractivity contribution is 5.85. The SMILES string of the molecule is C1=CC(N(c2ccccc2)c2ccccc2-c2ccc(C3=CC=C(N(c4ccccc4)c4ccc(-c5ccccc5)cc4)CC3)cc2)CC=C1c1ccccc1. The van der Waals surface area contributed by atoms with E-state index >= 15 is 0 Å². The molecule has 0 bridgehead atoms. The molecule has 2 aliphatic carbocycles. The lowest BCUT2D eigenvalue weighted by Gasteiger charge is -2.34. The molecule has 1 unspecified atom stereocenters. The fourth-order valence-corrected chi connectivity index (χ4v) is 8.08. The third kappa shape index (κ3) is 7.43. The first-order valence-electron chi connectivity index (χ1n) is 19.7. The predicted molar refractivity (Wildman–Crippen MR) is 238 cm³/mol. The molecule has 9 rings (SSSR count). The summed E-state index contributed by atoms with van der Waals surface area (Å²) in [6, 6.07) is 70.0. The van der Waals surface area contributed by atoms with Crippen LogP contribution in [0.3, 0.4) is 0 Å². The van der Waals surface area contributed by atoms with Gasteiger partial charge in [0.15, 0.2) is 0 Å². The summed E-state index contributed by atoms with van der Waals surface area (Å²) in [4.78, 5) is 4.90. The Hall–Kier alpha value is -6.90. The van der Waals surface area contributed by atoms with E-state index in [1.54, 1.807) is 0 Å². The molecule has 7 aromatic carbocycles. The minimum atomic E-state index is 0.191. The van der Waals surface area contributed by atoms with Crippen LogP contribution in [0, 0.1) is 0 Å². The minimum Gasteiger partial charge on any atom is -0.334 e. The van der Waals surface area contributed by atoms with E-state index in [2.05, 4.69) is 234 Å². The molecule has 0 saturated carbocycles. The monoisotopic (exact) mass is 720 g/mol. The van der Waals surface area contributed by atoms with Gasteiger partial charge in [-0.25, -0.2) is 0 Å². The number of hydrogen-bond acceptors (Lipinski definition) is 2. The van der Waals surface area contributed by atoms with Crippen LogP contribution in [0.1, 0.15) is 30.4 Å². The van der Waals surface area contributed by atoms with Crippen LogP contribution in [0.4, 0.5) is 22.7 Å². The first-order valence-corrected chi connectivity index (χ1v) is 19.7. The maximum atomic E-state index is 2.50. The predicted octanol–water partition coefficient (Wildman–Crippen LogP) is 14.5. The number of rotatable bonds is 10. The van der Waals surface area contributed by atoms with Crippen molar-refractivity contribution in [3.8, 4) is 22.3 Å². The van der Waals surface area contributed by atoms with Gasteiger partial charge < -0.3 is 9.80 Å². The highest BCUT2D eigenvalue weighted by atomic mass is 15.2. The molecule has 270 valence electrons. The van der Waals surface area contributed by atoms with Gasteiger partial charge in [-0.1, -0.05) is 176 Å². The topological polar surface area (TPSA) is 6.48 Å². The van der Waals surface area contributed by atoms with Gasteiger partial charge in [-0.2, -0.15) is 0 Å². The fourth-order valence-electron chi connectivity index (χ4n) is 8.08. The summed E-state index contributed by atoms with van der Waals surface area (Å²) < 4.78 is 0. The molecule has 0 heterocycles. The normalized spacial score (nSPS) is 15.0. The third-order valence-electron chi connectivity index (χ3n) is 10.9. The van der Waals surface area contributed by atoms with Crippen molar-refractivity contribution in [2.24, 2.45) is 0 Å². The van der Waals surface area contributed by atoms with Crippen LogP contribution >= 0.6 is 0 Å². The molecule has 2 heteroatoms. The van der Waals surface area contributed by atoms with Crippen molar-refractivity contribution in [3.05, 3.63) is 241 Å². The zero-order valence-corrected chi connectivity index (χ0v) is 31.5. The third-order valence-corrected chi connectivity index (χ3v) is 10.9. The molecular formula is C54H44N2. The minimum absolute atomic E-state index is 0.191. The number of para-hydroxylation sites is 3. The Morgan fingerprint density at radius 3 is 1.57 bits per heavy atom. The van der Waals surface area contributed by atoms with E-state index in [1.807, 2.05) is 0 Å². The summed E-state index contributed by atoms with van der Waals surface area (Å²) in [6.07, 6.45) is 14.5. The molecule has 0 saturated heterocycles. The molecule has 0 spiro atoms. The lowest BCUT2D eigenvalue weighted by Crippen LogP contribution is -2.30. The lowest BCUT2D eigenvalue weighted by molar-refractivity contribution is 0.788. The molecule has 0 radical (unpaired) electrons. The molecule has 0 aliphatic heterocycles. The van der Waals surface area contributed by atoms with Crippen molar-refractivity contribution < 1.29 is 0 Å². The summed E-state index contributed by atoms with van der Waals surface area (Å²) in [5, 5.41) is 0. The maximum absolute atomic E-state index is 2.50. The van der Waals surface area contributed by atoms with E-state index in [9.17, 15) is 0 Å². The Morgan fingerprint density at radius 2 is 0.946 bits per heavy atom. The van der Waals surface area contributed by atoms with Crippen LogP contribution in [0.5, 0.6) is 0 Å². The molecule has 0 amide bonds. The van der Waals surface area contributed by atoms with Gasteiger partial charge in [0.05, 0.1) is 6.04 Å². The average molecular weight is 721 g/mol. The van der Waals surface area contributed by atoms with Crippen molar-refractivity contribution in [2.45, 2.75) is 25.3 Å². The highest BCUT2D eigenvalue weighted by Crippen LogP contribution is 2.41. The van der Waals surface area contributed by atoms with Gasteiger partial charge in [0.2, 0.25) is 0 Å². The smallest absolute Gasteiger partial charge is 0.0560 e. The summed E-state index contributed by atoms with van der Waals surface area (Å²) in [5.74, 6) is 0. The molecule has 1 atom stereocenters. The van der Waals surface area contributed by atoms with Crippen molar-refractivity contribution in [2.75, 3.05) is 9.80 Å². The Balaban J connectivity index is 0.987. The zero-order chi connectivity index (χ0) is 37.5. The largest absolute Gasteiger partial charge is 0.334 e. The van der Waals surface area contributed by atoms with Crippen LogP contribution in [-0.2, 0) is 0 Å². The van der Waals surface area contributed by atoms with Gasteiger partial charge in [-0.15, -0.1) is 0 Å². The van der Waals surface area contributed by atoms with E-state index in [0.717, 1.165) is 19.3 Å². The number of anilines is 4. The van der Waals surface area contributed by atoms with Gasteiger partial charge in [0.1, 0.15) is 0 Å². The quantitative estimate of drug-likeness (QED) is 0.139. The van der Waals surface area contributed by atoms with Crippen LogP contribution in [0.25, 0.3) is 33.4 Å². The molecule has 0 aromatic heterocycles.